The summed E-state index contributed by atoms with van der Waals surface area (Å²) in [5.41, 5.74) is 3.45. The van der Waals surface area contributed by atoms with E-state index in [9.17, 15) is 8.42 Å². The highest BCUT2D eigenvalue weighted by atomic mass is 32.2. The maximum absolute atomic E-state index is 12.9. The van der Waals surface area contributed by atoms with Gasteiger partial charge in [0.15, 0.2) is 9.84 Å². The summed E-state index contributed by atoms with van der Waals surface area (Å²) in [6.45, 7) is 3.06. The molecule has 0 spiro atoms. The number of aryl methyl sites for hydroxylation is 1. The second kappa shape index (κ2) is 7.29. The van der Waals surface area contributed by atoms with E-state index in [1.807, 2.05) is 55.5 Å². The fourth-order valence-corrected chi connectivity index (χ4v) is 5.36. The molecule has 0 aromatic heterocycles. The van der Waals surface area contributed by atoms with Crippen molar-refractivity contribution in [2.75, 3.05) is 13.1 Å². The number of rotatable bonds is 5. The van der Waals surface area contributed by atoms with Crippen molar-refractivity contribution in [2.45, 2.75) is 23.1 Å². The molecular formula is C23H23NO2S. The van der Waals surface area contributed by atoms with E-state index in [0.717, 1.165) is 5.56 Å². The number of sulfone groups is 1. The minimum atomic E-state index is -3.29. The van der Waals surface area contributed by atoms with E-state index in [-0.39, 0.29) is 11.3 Å². The molecule has 3 nitrogen and oxygen atoms in total. The minimum Gasteiger partial charge on any atom is -0.290 e. The van der Waals surface area contributed by atoms with Crippen molar-refractivity contribution in [3.63, 3.8) is 0 Å². The minimum absolute atomic E-state index is 0.0804. The maximum atomic E-state index is 12.9. The first-order chi connectivity index (χ1) is 13.1. The first-order valence-corrected chi connectivity index (χ1v) is 10.7. The summed E-state index contributed by atoms with van der Waals surface area (Å²) in [4.78, 5) is 2.68. The van der Waals surface area contributed by atoms with E-state index >= 15 is 0 Å². The highest BCUT2D eigenvalue weighted by Gasteiger charge is 2.41. The van der Waals surface area contributed by atoms with Gasteiger partial charge in [0.05, 0.1) is 16.2 Å². The van der Waals surface area contributed by atoms with E-state index in [2.05, 4.69) is 29.2 Å². The molecule has 138 valence electrons. The van der Waals surface area contributed by atoms with Gasteiger partial charge >= 0.3 is 0 Å². The predicted molar refractivity (Wildman–Crippen MR) is 108 cm³/mol. The standard InChI is InChI=1S/C23H23NO2S/c1-18-12-14-21(15-13-18)27(25,26)22-16-24(17-22)23(19-8-4-2-5-9-19)20-10-6-3-7-11-20/h2-15,22-23H,16-17H2,1H3. The van der Waals surface area contributed by atoms with E-state index in [4.69, 9.17) is 0 Å². The Morgan fingerprint density at radius 1 is 0.778 bits per heavy atom. The summed E-state index contributed by atoms with van der Waals surface area (Å²) in [5.74, 6) is 0. The van der Waals surface area contributed by atoms with E-state index < -0.39 is 9.84 Å². The highest BCUT2D eigenvalue weighted by Crippen LogP contribution is 2.35. The second-order valence-electron chi connectivity index (χ2n) is 7.16. The van der Waals surface area contributed by atoms with Crippen LogP contribution < -0.4 is 0 Å². The number of hydrogen-bond donors (Lipinski definition) is 0. The lowest BCUT2D eigenvalue weighted by molar-refractivity contribution is 0.144. The molecule has 1 aliphatic heterocycles. The highest BCUT2D eigenvalue weighted by molar-refractivity contribution is 7.92. The molecule has 4 heteroatoms. The quantitative estimate of drug-likeness (QED) is 0.667. The Morgan fingerprint density at radius 3 is 1.74 bits per heavy atom. The van der Waals surface area contributed by atoms with Gasteiger partial charge in [0.1, 0.15) is 0 Å². The molecule has 0 saturated carbocycles. The lowest BCUT2D eigenvalue weighted by Gasteiger charge is -2.44. The molecule has 4 rings (SSSR count). The molecule has 0 aliphatic carbocycles. The smallest absolute Gasteiger partial charge is 0.183 e. The largest absolute Gasteiger partial charge is 0.290 e. The molecule has 1 heterocycles. The van der Waals surface area contributed by atoms with E-state index in [0.29, 0.717) is 18.0 Å². The molecule has 3 aromatic carbocycles. The van der Waals surface area contributed by atoms with Crippen LogP contribution in [0.25, 0.3) is 0 Å². The Morgan fingerprint density at radius 2 is 1.26 bits per heavy atom. The number of nitrogens with zero attached hydrogens (tertiary/aromatic N) is 1. The Balaban J connectivity index is 1.58. The molecule has 27 heavy (non-hydrogen) atoms. The maximum Gasteiger partial charge on any atom is 0.183 e. The molecule has 0 atom stereocenters. The first kappa shape index (κ1) is 18.0. The fourth-order valence-electron chi connectivity index (χ4n) is 3.68. The molecule has 0 bridgehead atoms. The van der Waals surface area contributed by atoms with Crippen LogP contribution in [0.3, 0.4) is 0 Å². The third kappa shape index (κ3) is 3.55. The van der Waals surface area contributed by atoms with Crippen molar-refractivity contribution in [1.29, 1.82) is 0 Å². The second-order valence-corrected chi connectivity index (χ2v) is 9.39. The van der Waals surface area contributed by atoms with Crippen LogP contribution in [0.1, 0.15) is 22.7 Å². The lowest BCUT2D eigenvalue weighted by atomic mass is 9.94. The molecule has 1 saturated heterocycles. The van der Waals surface area contributed by atoms with Crippen LogP contribution in [-0.4, -0.2) is 31.7 Å². The fraction of sp³-hybridized carbons (Fsp3) is 0.217. The summed E-state index contributed by atoms with van der Waals surface area (Å²) in [7, 11) is -3.29. The molecule has 0 unspecified atom stereocenters. The van der Waals surface area contributed by atoms with Gasteiger partial charge in [0.25, 0.3) is 0 Å². The van der Waals surface area contributed by atoms with Gasteiger partial charge in [-0.25, -0.2) is 8.42 Å². The van der Waals surface area contributed by atoms with Crippen molar-refractivity contribution in [1.82, 2.24) is 4.90 Å². The predicted octanol–water partition coefficient (Wildman–Crippen LogP) is 4.24. The first-order valence-electron chi connectivity index (χ1n) is 9.20. The van der Waals surface area contributed by atoms with Crippen molar-refractivity contribution in [2.24, 2.45) is 0 Å². The van der Waals surface area contributed by atoms with Gasteiger partial charge in [-0.15, -0.1) is 0 Å². The number of likely N-dealkylation sites (tertiary alicyclic amines) is 1. The van der Waals surface area contributed by atoms with Gasteiger partial charge in [-0.2, -0.15) is 0 Å². The average Bonchev–Trinajstić information content (AvgIpc) is 2.66. The van der Waals surface area contributed by atoms with Gasteiger partial charge < -0.3 is 0 Å². The summed E-state index contributed by atoms with van der Waals surface area (Å²) in [6, 6.07) is 27.8. The third-order valence-corrected chi connectivity index (χ3v) is 7.37. The van der Waals surface area contributed by atoms with Crippen LogP contribution >= 0.6 is 0 Å². The monoisotopic (exact) mass is 377 g/mol. The zero-order valence-electron chi connectivity index (χ0n) is 15.3. The van der Waals surface area contributed by atoms with Gasteiger partial charge in [-0.1, -0.05) is 78.4 Å². The molecule has 1 fully saturated rings. The van der Waals surface area contributed by atoms with Crippen LogP contribution in [0.4, 0.5) is 0 Å². The molecular weight excluding hydrogens is 354 g/mol. The van der Waals surface area contributed by atoms with Gasteiger partial charge in [-0.3, -0.25) is 4.90 Å². The van der Waals surface area contributed by atoms with Crippen LogP contribution in [0, 0.1) is 6.92 Å². The normalized spacial score (nSPS) is 15.6. The van der Waals surface area contributed by atoms with Crippen molar-refractivity contribution >= 4 is 9.84 Å². The van der Waals surface area contributed by atoms with Gasteiger partial charge in [-0.05, 0) is 30.2 Å². The van der Waals surface area contributed by atoms with Crippen molar-refractivity contribution in [3.05, 3.63) is 102 Å². The van der Waals surface area contributed by atoms with Crippen LogP contribution in [-0.2, 0) is 9.84 Å². The van der Waals surface area contributed by atoms with Gasteiger partial charge in [0.2, 0.25) is 0 Å². The number of hydrogen-bond acceptors (Lipinski definition) is 3. The molecule has 0 amide bonds. The molecule has 0 radical (unpaired) electrons. The summed E-state index contributed by atoms with van der Waals surface area (Å²) >= 11 is 0. The Hall–Kier alpha value is -2.43. The van der Waals surface area contributed by atoms with Crippen molar-refractivity contribution < 1.29 is 8.42 Å². The van der Waals surface area contributed by atoms with Crippen LogP contribution in [0.15, 0.2) is 89.8 Å². The van der Waals surface area contributed by atoms with Crippen LogP contribution in [0.2, 0.25) is 0 Å². The van der Waals surface area contributed by atoms with Crippen LogP contribution in [0.5, 0.6) is 0 Å². The summed E-state index contributed by atoms with van der Waals surface area (Å²) in [6.07, 6.45) is 0. The Bertz CT molecular complexity index is 954. The zero-order valence-corrected chi connectivity index (χ0v) is 16.1. The van der Waals surface area contributed by atoms with E-state index in [1.54, 1.807) is 12.1 Å². The van der Waals surface area contributed by atoms with Gasteiger partial charge in [0, 0.05) is 13.1 Å². The Labute approximate surface area is 161 Å². The average molecular weight is 378 g/mol. The molecule has 3 aromatic rings. The molecule has 1 aliphatic rings. The third-order valence-electron chi connectivity index (χ3n) is 5.26. The van der Waals surface area contributed by atoms with Crippen molar-refractivity contribution in [3.8, 4) is 0 Å². The Kier molecular flexibility index (Phi) is 4.85. The topological polar surface area (TPSA) is 37.4 Å². The summed E-state index contributed by atoms with van der Waals surface area (Å²) < 4.78 is 25.9. The molecule has 0 N–H and O–H groups in total. The van der Waals surface area contributed by atoms with E-state index in [1.165, 1.54) is 11.1 Å². The zero-order chi connectivity index (χ0) is 18.9. The SMILES string of the molecule is Cc1ccc(S(=O)(=O)C2CN(C(c3ccccc3)c3ccccc3)C2)cc1. The lowest BCUT2D eigenvalue weighted by Crippen LogP contribution is -2.55. The number of benzene rings is 3. The summed E-state index contributed by atoms with van der Waals surface area (Å²) in [5, 5.41) is -0.352.